The zero-order chi connectivity index (χ0) is 33.3. The fraction of sp³-hybridized carbons (Fsp3) is 0.282. The van der Waals surface area contributed by atoms with Gasteiger partial charge >= 0.3 is 0 Å². The molecule has 5 aromatic rings. The number of aromatic nitrogens is 2. The monoisotopic (exact) mass is 648 g/mol. The summed E-state index contributed by atoms with van der Waals surface area (Å²) in [4.78, 5) is 17.1. The lowest BCUT2D eigenvalue weighted by Crippen LogP contribution is -2.66. The zero-order valence-electron chi connectivity index (χ0n) is 27.7. The van der Waals surface area contributed by atoms with E-state index in [0.717, 1.165) is 35.3 Å². The van der Waals surface area contributed by atoms with Gasteiger partial charge in [0, 0.05) is 25.0 Å². The van der Waals surface area contributed by atoms with Gasteiger partial charge in [-0.15, -0.1) is 0 Å². The topological polar surface area (TPSA) is 68.2 Å². The number of amides is 1. The summed E-state index contributed by atoms with van der Waals surface area (Å²) in [5, 5.41) is 8.56. The smallest absolute Gasteiger partial charge is 0.261 e. The maximum atomic E-state index is 14.5. The van der Waals surface area contributed by atoms with E-state index in [9.17, 15) is 9.18 Å². The predicted molar refractivity (Wildman–Crippen MR) is 191 cm³/mol. The summed E-state index contributed by atoms with van der Waals surface area (Å²) in [6.45, 7) is 9.97. The van der Waals surface area contributed by atoms with Crippen LogP contribution in [-0.2, 0) is 15.8 Å². The van der Waals surface area contributed by atoms with E-state index in [1.807, 2.05) is 49.4 Å². The second kappa shape index (κ2) is 15.5. The first-order chi connectivity index (χ1) is 22.7. The molecule has 1 heterocycles. The molecule has 0 radical (unpaired) electrons. The molecule has 0 bridgehead atoms. The normalized spacial score (nSPS) is 12.5. The van der Waals surface area contributed by atoms with Gasteiger partial charge in [0.2, 0.25) is 5.91 Å². The van der Waals surface area contributed by atoms with Gasteiger partial charge in [0.05, 0.1) is 24.6 Å². The number of rotatable bonds is 14. The third-order valence-corrected chi connectivity index (χ3v) is 13.6. The van der Waals surface area contributed by atoms with Crippen LogP contribution in [0.4, 0.5) is 10.1 Å². The highest BCUT2D eigenvalue weighted by molar-refractivity contribution is 6.99. The SMILES string of the molecule is Cc1cccc(NC(=O)CNCc2cncn2C(CCCO[Si](c2ccccc2)(c2ccccc2)C(C)(C)C)c2cccc(F)c2)c1. The summed E-state index contributed by atoms with van der Waals surface area (Å²) >= 11 is 0. The Labute approximate surface area is 279 Å². The van der Waals surface area contributed by atoms with Crippen LogP contribution in [0.1, 0.15) is 56.5 Å². The van der Waals surface area contributed by atoms with E-state index >= 15 is 0 Å². The van der Waals surface area contributed by atoms with Crippen LogP contribution in [0.3, 0.4) is 0 Å². The third-order valence-electron chi connectivity index (χ3n) is 8.57. The second-order valence-corrected chi connectivity index (χ2v) is 17.3. The van der Waals surface area contributed by atoms with Gasteiger partial charge in [-0.25, -0.2) is 9.37 Å². The molecule has 5 rings (SSSR count). The predicted octanol–water partition coefficient (Wildman–Crippen LogP) is 7.01. The fourth-order valence-electron chi connectivity index (χ4n) is 6.43. The Morgan fingerprint density at radius 2 is 1.60 bits per heavy atom. The van der Waals surface area contributed by atoms with Crippen LogP contribution in [0.5, 0.6) is 0 Å². The summed E-state index contributed by atoms with van der Waals surface area (Å²) < 4.78 is 23.8. The number of anilines is 1. The van der Waals surface area contributed by atoms with E-state index in [-0.39, 0.29) is 29.3 Å². The average molecular weight is 649 g/mol. The summed E-state index contributed by atoms with van der Waals surface area (Å²) in [7, 11) is -2.67. The van der Waals surface area contributed by atoms with Gasteiger partial charge in [0.25, 0.3) is 8.32 Å². The van der Waals surface area contributed by atoms with Gasteiger partial charge in [-0.2, -0.15) is 0 Å². The van der Waals surface area contributed by atoms with E-state index in [1.54, 1.807) is 24.7 Å². The minimum Gasteiger partial charge on any atom is -0.407 e. The quantitative estimate of drug-likeness (QED) is 0.101. The van der Waals surface area contributed by atoms with Crippen molar-refractivity contribution in [2.45, 2.75) is 58.2 Å². The Morgan fingerprint density at radius 1 is 0.915 bits per heavy atom. The fourth-order valence-corrected chi connectivity index (χ4v) is 11.0. The highest BCUT2D eigenvalue weighted by Crippen LogP contribution is 2.37. The molecular formula is C39H45FN4O2Si. The first-order valence-corrected chi connectivity index (χ1v) is 18.2. The largest absolute Gasteiger partial charge is 0.407 e. The lowest BCUT2D eigenvalue weighted by Gasteiger charge is -2.43. The molecule has 6 nitrogen and oxygen atoms in total. The number of halogens is 1. The molecule has 244 valence electrons. The second-order valence-electron chi connectivity index (χ2n) is 13.0. The summed E-state index contributed by atoms with van der Waals surface area (Å²) in [6.07, 6.45) is 5.08. The number of nitrogens with zero attached hydrogens (tertiary/aromatic N) is 2. The molecule has 0 saturated heterocycles. The molecule has 1 aromatic heterocycles. The number of carbonyl (C=O) groups excluding carboxylic acids is 1. The maximum Gasteiger partial charge on any atom is 0.261 e. The minimum atomic E-state index is -2.67. The number of carbonyl (C=O) groups is 1. The first kappa shape index (κ1) is 34.0. The molecule has 0 aliphatic carbocycles. The van der Waals surface area contributed by atoms with Gasteiger partial charge in [-0.1, -0.05) is 106 Å². The van der Waals surface area contributed by atoms with Crippen molar-refractivity contribution < 1.29 is 13.6 Å². The van der Waals surface area contributed by atoms with Gasteiger partial charge in [-0.05, 0) is 70.6 Å². The number of imidazole rings is 1. The Bertz CT molecular complexity index is 1700. The highest BCUT2D eigenvalue weighted by atomic mass is 28.4. The van der Waals surface area contributed by atoms with Crippen LogP contribution in [0.25, 0.3) is 0 Å². The van der Waals surface area contributed by atoms with Crippen molar-refractivity contribution in [1.29, 1.82) is 0 Å². The van der Waals surface area contributed by atoms with Gasteiger partial charge in [0.1, 0.15) is 5.82 Å². The molecule has 0 saturated carbocycles. The zero-order valence-corrected chi connectivity index (χ0v) is 28.7. The van der Waals surface area contributed by atoms with Crippen LogP contribution in [0.15, 0.2) is 122 Å². The molecule has 0 aliphatic heterocycles. The van der Waals surface area contributed by atoms with E-state index in [0.29, 0.717) is 13.2 Å². The van der Waals surface area contributed by atoms with Crippen molar-refractivity contribution in [3.05, 3.63) is 144 Å². The maximum absolute atomic E-state index is 14.5. The van der Waals surface area contributed by atoms with Crippen LogP contribution >= 0.6 is 0 Å². The van der Waals surface area contributed by atoms with Crippen molar-refractivity contribution >= 4 is 30.3 Å². The molecule has 47 heavy (non-hydrogen) atoms. The molecule has 1 amide bonds. The van der Waals surface area contributed by atoms with E-state index in [4.69, 9.17) is 4.43 Å². The van der Waals surface area contributed by atoms with Crippen molar-refractivity contribution in [3.8, 4) is 0 Å². The lowest BCUT2D eigenvalue weighted by atomic mass is 10.0. The van der Waals surface area contributed by atoms with Crippen molar-refractivity contribution in [3.63, 3.8) is 0 Å². The Hall–Kier alpha value is -4.37. The number of benzene rings is 4. The minimum absolute atomic E-state index is 0.119. The first-order valence-electron chi connectivity index (χ1n) is 16.3. The van der Waals surface area contributed by atoms with E-state index in [1.165, 1.54) is 16.4 Å². The van der Waals surface area contributed by atoms with Gasteiger partial charge in [0.15, 0.2) is 0 Å². The standard InChI is InChI=1S/C39H45FN4O2Si/c1-30-14-11-17-33(24-30)43-38(45)28-41-26-34-27-42-29-44(34)37(31-15-12-16-32(40)25-31)22-13-23-46-47(39(2,3)4,35-18-7-5-8-19-35)36-20-9-6-10-21-36/h5-12,14-21,24-25,27,29,37,41H,13,22-23,26,28H2,1-4H3,(H,43,45). The third kappa shape index (κ3) is 8.32. The molecule has 1 atom stereocenters. The Morgan fingerprint density at radius 3 is 2.23 bits per heavy atom. The van der Waals surface area contributed by atoms with Crippen molar-refractivity contribution in [1.82, 2.24) is 14.9 Å². The van der Waals surface area contributed by atoms with Gasteiger partial charge < -0.3 is 19.6 Å². The number of nitrogens with one attached hydrogen (secondary N) is 2. The highest BCUT2D eigenvalue weighted by Gasteiger charge is 2.50. The van der Waals surface area contributed by atoms with Crippen LogP contribution in [0, 0.1) is 12.7 Å². The molecule has 2 N–H and O–H groups in total. The van der Waals surface area contributed by atoms with Crippen molar-refractivity contribution in [2.75, 3.05) is 18.5 Å². The molecule has 0 fully saturated rings. The average Bonchev–Trinajstić information content (AvgIpc) is 3.51. The molecular weight excluding hydrogens is 604 g/mol. The number of aryl methyl sites for hydroxylation is 1. The van der Waals surface area contributed by atoms with Gasteiger partial charge in [-0.3, -0.25) is 4.79 Å². The Kier molecular flexibility index (Phi) is 11.2. The molecule has 8 heteroatoms. The lowest BCUT2D eigenvalue weighted by molar-refractivity contribution is -0.115. The molecule has 0 aliphatic rings. The molecule has 0 spiro atoms. The molecule has 1 unspecified atom stereocenters. The van der Waals surface area contributed by atoms with E-state index in [2.05, 4.69) is 89.5 Å². The summed E-state index contributed by atoms with van der Waals surface area (Å²) in [5.41, 5.74) is 3.63. The van der Waals surface area contributed by atoms with E-state index < -0.39 is 8.32 Å². The summed E-state index contributed by atoms with van der Waals surface area (Å²) in [6, 6.07) is 35.6. The number of hydrogen-bond donors (Lipinski definition) is 2. The molecule has 4 aromatic carbocycles. The Balaban J connectivity index is 1.32. The van der Waals surface area contributed by atoms with Crippen molar-refractivity contribution in [2.24, 2.45) is 0 Å². The number of hydrogen-bond acceptors (Lipinski definition) is 4. The van der Waals surface area contributed by atoms with Crippen LogP contribution in [0.2, 0.25) is 5.04 Å². The summed E-state index contributed by atoms with van der Waals surface area (Å²) in [5.74, 6) is -0.396. The van der Waals surface area contributed by atoms with Crippen LogP contribution < -0.4 is 21.0 Å². The van der Waals surface area contributed by atoms with Crippen LogP contribution in [-0.4, -0.2) is 36.9 Å².